The maximum atomic E-state index is 12.8. The molecule has 0 aliphatic rings. The quantitative estimate of drug-likeness (QED) is 0.385. The van der Waals surface area contributed by atoms with E-state index in [1.165, 1.54) is 30.3 Å². The standard InChI is InChI=1S/C15H13F4N3/c1-9(21-22-12-5-3-11(16)4-6-12)13-7-2-10(8-14(13)20)15(17,18)19/h2-8,22H,20H2,1H3/b21-9+. The molecule has 0 amide bonds. The third kappa shape index (κ3) is 3.75. The van der Waals surface area contributed by atoms with Crippen LogP contribution in [0.2, 0.25) is 0 Å². The summed E-state index contributed by atoms with van der Waals surface area (Å²) in [6, 6.07) is 8.59. The van der Waals surface area contributed by atoms with E-state index < -0.39 is 11.7 Å². The summed E-state index contributed by atoms with van der Waals surface area (Å²) in [7, 11) is 0. The van der Waals surface area contributed by atoms with Crippen molar-refractivity contribution >= 4 is 17.1 Å². The van der Waals surface area contributed by atoms with Crippen LogP contribution in [0.1, 0.15) is 18.1 Å². The first-order valence-corrected chi connectivity index (χ1v) is 6.30. The Morgan fingerprint density at radius 3 is 2.27 bits per heavy atom. The SMILES string of the molecule is C/C(=N\Nc1ccc(F)cc1)c1ccc(C(F)(F)F)cc1N. The number of anilines is 2. The van der Waals surface area contributed by atoms with Crippen LogP contribution in [0.25, 0.3) is 0 Å². The Morgan fingerprint density at radius 1 is 1.09 bits per heavy atom. The van der Waals surface area contributed by atoms with Crippen molar-refractivity contribution in [1.82, 2.24) is 0 Å². The van der Waals surface area contributed by atoms with Gasteiger partial charge in [-0.05, 0) is 43.3 Å². The van der Waals surface area contributed by atoms with Gasteiger partial charge in [0.15, 0.2) is 0 Å². The smallest absolute Gasteiger partial charge is 0.398 e. The van der Waals surface area contributed by atoms with E-state index in [0.29, 0.717) is 17.0 Å². The maximum Gasteiger partial charge on any atom is 0.416 e. The summed E-state index contributed by atoms with van der Waals surface area (Å²) in [6.07, 6.45) is -4.44. The molecule has 0 saturated heterocycles. The van der Waals surface area contributed by atoms with E-state index in [1.54, 1.807) is 6.92 Å². The first-order chi connectivity index (χ1) is 10.3. The van der Waals surface area contributed by atoms with Crippen LogP contribution in [0, 0.1) is 5.82 Å². The highest BCUT2D eigenvalue weighted by Crippen LogP contribution is 2.31. The number of hydrogen-bond donors (Lipinski definition) is 2. The molecule has 2 aromatic rings. The van der Waals surface area contributed by atoms with Crippen LogP contribution in [-0.2, 0) is 6.18 Å². The van der Waals surface area contributed by atoms with Crippen LogP contribution in [0.5, 0.6) is 0 Å². The summed E-state index contributed by atoms with van der Waals surface area (Å²) in [5, 5.41) is 4.03. The zero-order valence-corrected chi connectivity index (χ0v) is 11.6. The highest BCUT2D eigenvalue weighted by atomic mass is 19.4. The summed E-state index contributed by atoms with van der Waals surface area (Å²) >= 11 is 0. The fourth-order valence-electron chi connectivity index (χ4n) is 1.80. The van der Waals surface area contributed by atoms with Gasteiger partial charge in [-0.2, -0.15) is 18.3 Å². The maximum absolute atomic E-state index is 12.8. The molecule has 0 radical (unpaired) electrons. The topological polar surface area (TPSA) is 50.4 Å². The van der Waals surface area contributed by atoms with Crippen molar-refractivity contribution < 1.29 is 17.6 Å². The molecule has 0 heterocycles. The van der Waals surface area contributed by atoms with Gasteiger partial charge in [0.25, 0.3) is 0 Å². The first-order valence-electron chi connectivity index (χ1n) is 6.30. The van der Waals surface area contributed by atoms with Crippen LogP contribution in [0.15, 0.2) is 47.6 Å². The first kappa shape index (κ1) is 15.8. The average molecular weight is 311 g/mol. The Kier molecular flexibility index (Phi) is 4.35. The molecule has 7 heteroatoms. The number of nitrogens with two attached hydrogens (primary N) is 1. The third-order valence-electron chi connectivity index (χ3n) is 2.97. The van der Waals surface area contributed by atoms with Crippen molar-refractivity contribution in [2.45, 2.75) is 13.1 Å². The Bertz CT molecular complexity index is 691. The molecule has 22 heavy (non-hydrogen) atoms. The fourth-order valence-corrected chi connectivity index (χ4v) is 1.80. The van der Waals surface area contributed by atoms with Gasteiger partial charge in [0.1, 0.15) is 5.82 Å². The van der Waals surface area contributed by atoms with Crippen LogP contribution >= 0.6 is 0 Å². The van der Waals surface area contributed by atoms with Gasteiger partial charge >= 0.3 is 6.18 Å². The average Bonchev–Trinajstić information content (AvgIpc) is 2.45. The zero-order chi connectivity index (χ0) is 16.3. The fraction of sp³-hybridized carbons (Fsp3) is 0.133. The van der Waals surface area contributed by atoms with Gasteiger partial charge in [-0.15, -0.1) is 0 Å². The number of benzene rings is 2. The summed E-state index contributed by atoms with van der Waals surface area (Å²) in [5.74, 6) is -0.377. The number of hydrazone groups is 1. The van der Waals surface area contributed by atoms with E-state index in [4.69, 9.17) is 5.73 Å². The number of hydrogen-bond acceptors (Lipinski definition) is 3. The molecule has 0 saturated carbocycles. The van der Waals surface area contributed by atoms with Gasteiger partial charge in [0.05, 0.1) is 17.0 Å². The highest BCUT2D eigenvalue weighted by Gasteiger charge is 2.30. The number of rotatable bonds is 3. The highest BCUT2D eigenvalue weighted by molar-refractivity contribution is 6.03. The van der Waals surface area contributed by atoms with Crippen LogP contribution < -0.4 is 11.2 Å². The molecule has 0 aliphatic carbocycles. The van der Waals surface area contributed by atoms with Gasteiger partial charge < -0.3 is 5.73 Å². The lowest BCUT2D eigenvalue weighted by molar-refractivity contribution is -0.137. The molecule has 3 nitrogen and oxygen atoms in total. The van der Waals surface area contributed by atoms with Crippen molar-refractivity contribution in [1.29, 1.82) is 0 Å². The summed E-state index contributed by atoms with van der Waals surface area (Å²) in [6.45, 7) is 1.61. The molecular weight excluding hydrogens is 298 g/mol. The molecule has 3 N–H and O–H groups in total. The van der Waals surface area contributed by atoms with Crippen LogP contribution in [0.3, 0.4) is 0 Å². The molecule has 0 atom stereocenters. The van der Waals surface area contributed by atoms with Crippen molar-refractivity contribution in [3.8, 4) is 0 Å². The molecule has 0 aliphatic heterocycles. The van der Waals surface area contributed by atoms with E-state index in [-0.39, 0.29) is 11.5 Å². The van der Waals surface area contributed by atoms with Gasteiger partial charge in [-0.3, -0.25) is 5.43 Å². The van der Waals surface area contributed by atoms with Crippen LogP contribution in [-0.4, -0.2) is 5.71 Å². The minimum atomic E-state index is -4.44. The second-order valence-electron chi connectivity index (χ2n) is 4.62. The minimum absolute atomic E-state index is 0.0167. The van der Waals surface area contributed by atoms with Gasteiger partial charge in [0.2, 0.25) is 0 Å². The number of nitrogens with zero attached hydrogens (tertiary/aromatic N) is 1. The molecule has 0 fully saturated rings. The van der Waals surface area contributed by atoms with Crippen molar-refractivity contribution in [3.05, 3.63) is 59.4 Å². The largest absolute Gasteiger partial charge is 0.416 e. The Morgan fingerprint density at radius 2 is 1.73 bits per heavy atom. The monoisotopic (exact) mass is 311 g/mol. The molecule has 0 unspecified atom stereocenters. The van der Waals surface area contributed by atoms with Gasteiger partial charge in [-0.1, -0.05) is 6.07 Å². The van der Waals surface area contributed by atoms with Gasteiger partial charge in [0, 0.05) is 11.3 Å². The molecule has 0 bridgehead atoms. The molecule has 2 rings (SSSR count). The predicted molar refractivity (Wildman–Crippen MR) is 78.1 cm³/mol. The lowest BCUT2D eigenvalue weighted by Crippen LogP contribution is -2.09. The molecule has 2 aromatic carbocycles. The van der Waals surface area contributed by atoms with Crippen molar-refractivity contribution in [2.24, 2.45) is 5.10 Å². The van der Waals surface area contributed by atoms with E-state index in [0.717, 1.165) is 12.1 Å². The minimum Gasteiger partial charge on any atom is -0.398 e. The normalized spacial score (nSPS) is 12.3. The number of nitrogen functional groups attached to an aromatic ring is 1. The third-order valence-corrected chi connectivity index (χ3v) is 2.97. The second kappa shape index (κ2) is 6.05. The van der Waals surface area contributed by atoms with E-state index in [1.807, 2.05) is 0 Å². The van der Waals surface area contributed by atoms with E-state index in [9.17, 15) is 17.6 Å². The van der Waals surface area contributed by atoms with Crippen LogP contribution in [0.4, 0.5) is 28.9 Å². The molecule has 0 spiro atoms. The number of nitrogens with one attached hydrogen (secondary N) is 1. The van der Waals surface area contributed by atoms with E-state index >= 15 is 0 Å². The summed E-state index contributed by atoms with van der Waals surface area (Å²) in [5.41, 5.74) is 8.86. The number of alkyl halides is 3. The predicted octanol–water partition coefficient (Wildman–Crippen LogP) is 4.26. The molecule has 116 valence electrons. The molecular formula is C15H13F4N3. The van der Waals surface area contributed by atoms with Crippen molar-refractivity contribution in [2.75, 3.05) is 11.2 Å². The molecule has 0 aromatic heterocycles. The van der Waals surface area contributed by atoms with E-state index in [2.05, 4.69) is 10.5 Å². The lowest BCUT2D eigenvalue weighted by atomic mass is 10.1. The summed E-state index contributed by atoms with van der Waals surface area (Å²) < 4.78 is 50.5. The zero-order valence-electron chi connectivity index (χ0n) is 11.6. The Labute approximate surface area is 124 Å². The van der Waals surface area contributed by atoms with Crippen molar-refractivity contribution in [3.63, 3.8) is 0 Å². The number of halogens is 4. The lowest BCUT2D eigenvalue weighted by Gasteiger charge is -2.11. The van der Waals surface area contributed by atoms with Gasteiger partial charge in [-0.25, -0.2) is 4.39 Å². The second-order valence-corrected chi connectivity index (χ2v) is 4.62. The summed E-state index contributed by atoms with van der Waals surface area (Å²) in [4.78, 5) is 0. The Hall–Kier alpha value is -2.57. The Balaban J connectivity index is 2.20.